The minimum absolute atomic E-state index is 0.0224. The first-order valence-electron chi connectivity index (χ1n) is 11.5. The van der Waals surface area contributed by atoms with Gasteiger partial charge in [0.25, 0.3) is 11.4 Å². The van der Waals surface area contributed by atoms with Crippen molar-refractivity contribution in [1.82, 2.24) is 9.97 Å². The summed E-state index contributed by atoms with van der Waals surface area (Å²) in [5.41, 5.74) is 2.05. The average molecular weight is 535 g/mol. The number of aryl methyl sites for hydroxylation is 1. The van der Waals surface area contributed by atoms with Crippen LogP contribution >= 0.6 is 0 Å². The van der Waals surface area contributed by atoms with E-state index in [4.69, 9.17) is 14.6 Å². The van der Waals surface area contributed by atoms with Crippen molar-refractivity contribution in [3.8, 4) is 23.0 Å². The van der Waals surface area contributed by atoms with Crippen LogP contribution < -0.4 is 20.1 Å². The Morgan fingerprint density at radius 2 is 1.21 bits per heavy atom. The molecule has 0 atom stereocenters. The van der Waals surface area contributed by atoms with Gasteiger partial charge < -0.3 is 25.2 Å². The summed E-state index contributed by atoms with van der Waals surface area (Å²) in [7, 11) is 3.24. The van der Waals surface area contributed by atoms with Crippen molar-refractivity contribution in [2.75, 3.05) is 24.7 Å². The molecule has 0 unspecified atom stereocenters. The number of hydrogen-bond donors (Lipinski definition) is 3. The van der Waals surface area contributed by atoms with Gasteiger partial charge in [-0.25, -0.2) is 0 Å². The lowest BCUT2D eigenvalue weighted by Crippen LogP contribution is -1.97. The molecule has 2 heterocycles. The lowest BCUT2D eigenvalue weighted by atomic mass is 10.2. The van der Waals surface area contributed by atoms with Crippen molar-refractivity contribution in [3.05, 3.63) is 105 Å². The van der Waals surface area contributed by atoms with Gasteiger partial charge in [0.1, 0.15) is 34.4 Å². The second-order valence-corrected chi connectivity index (χ2v) is 7.85. The molecule has 2 aromatic heterocycles. The first kappa shape index (κ1) is 28.3. The van der Waals surface area contributed by atoms with Gasteiger partial charge in [-0.15, -0.1) is 0 Å². The number of benzene rings is 2. The number of hydrogen-bond acceptors (Lipinski definition) is 11. The largest absolute Gasteiger partial charge is 0.457 e. The fraction of sp³-hybridized carbons (Fsp3) is 0.154. The van der Waals surface area contributed by atoms with Crippen molar-refractivity contribution >= 4 is 22.7 Å². The summed E-state index contributed by atoms with van der Waals surface area (Å²) in [6, 6.07) is 15.8. The maximum absolute atomic E-state index is 11.0. The van der Waals surface area contributed by atoms with Gasteiger partial charge in [0.15, 0.2) is 0 Å². The zero-order valence-electron chi connectivity index (χ0n) is 21.3. The number of nitro groups is 2. The van der Waals surface area contributed by atoms with E-state index in [0.29, 0.717) is 40.1 Å². The summed E-state index contributed by atoms with van der Waals surface area (Å²) < 4.78 is 11.1. The van der Waals surface area contributed by atoms with E-state index in [1.165, 1.54) is 18.3 Å². The van der Waals surface area contributed by atoms with Crippen LogP contribution in [0.5, 0.6) is 23.0 Å². The minimum Gasteiger partial charge on any atom is -0.457 e. The molecule has 2 aromatic carbocycles. The molecule has 0 radical (unpaired) electrons. The molecular weight excluding hydrogens is 508 g/mol. The van der Waals surface area contributed by atoms with Crippen LogP contribution in [0.15, 0.2) is 73.1 Å². The Hall–Kier alpha value is -5.30. The predicted molar refractivity (Wildman–Crippen MR) is 145 cm³/mol. The Bertz CT molecular complexity index is 1460. The molecule has 13 heteroatoms. The summed E-state index contributed by atoms with van der Waals surface area (Å²) in [6.45, 7) is 1.65. The molecule has 0 aliphatic heterocycles. The summed E-state index contributed by atoms with van der Waals surface area (Å²) in [6.07, 6.45) is 3.12. The van der Waals surface area contributed by atoms with Crippen LogP contribution in [-0.4, -0.2) is 39.0 Å². The molecule has 0 spiro atoms. The fourth-order valence-corrected chi connectivity index (χ4v) is 3.34. The number of pyridine rings is 2. The van der Waals surface area contributed by atoms with Gasteiger partial charge in [-0.3, -0.25) is 30.2 Å². The number of anilines is 2. The van der Waals surface area contributed by atoms with Crippen LogP contribution in [0.3, 0.4) is 0 Å². The van der Waals surface area contributed by atoms with Crippen LogP contribution in [0.1, 0.15) is 11.4 Å². The Morgan fingerprint density at radius 1 is 0.744 bits per heavy atom. The standard InChI is InChI=1S/C13H13N3O4.C13H13N3O3/c1-14-12-3-2-10(7-13(12)16(18)19)20-11-4-5-15-9(6-11)8-17;1-9-7-11(5-6-15-9)19-10-3-4-12(14-2)13(8-10)16(17)18/h2-7,14,17H,8H2,1H3;3-8,14H,1-2H3. The smallest absolute Gasteiger partial charge is 0.296 e. The number of nitro benzene ring substituents is 2. The molecule has 0 saturated carbocycles. The van der Waals surface area contributed by atoms with E-state index in [1.54, 1.807) is 68.8 Å². The summed E-state index contributed by atoms with van der Waals surface area (Å²) >= 11 is 0. The van der Waals surface area contributed by atoms with Crippen molar-refractivity contribution in [2.24, 2.45) is 0 Å². The minimum atomic E-state index is -0.482. The normalized spacial score (nSPS) is 10.1. The Kier molecular flexibility index (Phi) is 9.64. The lowest BCUT2D eigenvalue weighted by molar-refractivity contribution is -0.384. The van der Waals surface area contributed by atoms with Gasteiger partial charge in [-0.2, -0.15) is 0 Å². The first-order chi connectivity index (χ1) is 18.7. The molecular formula is C26H26N6O7. The van der Waals surface area contributed by atoms with Crippen molar-refractivity contribution in [3.63, 3.8) is 0 Å². The van der Waals surface area contributed by atoms with E-state index in [0.717, 1.165) is 5.69 Å². The molecule has 0 saturated heterocycles. The first-order valence-corrected chi connectivity index (χ1v) is 11.5. The Morgan fingerprint density at radius 3 is 1.64 bits per heavy atom. The highest BCUT2D eigenvalue weighted by atomic mass is 16.6. The van der Waals surface area contributed by atoms with Gasteiger partial charge in [0.2, 0.25) is 0 Å². The number of aliphatic hydroxyl groups is 1. The molecule has 3 N–H and O–H groups in total. The van der Waals surface area contributed by atoms with E-state index in [1.807, 2.05) is 6.92 Å². The van der Waals surface area contributed by atoms with Crippen LogP contribution in [0.25, 0.3) is 0 Å². The molecule has 0 aliphatic carbocycles. The van der Waals surface area contributed by atoms with E-state index < -0.39 is 9.85 Å². The van der Waals surface area contributed by atoms with Crippen LogP contribution in [-0.2, 0) is 6.61 Å². The zero-order chi connectivity index (χ0) is 28.4. The van der Waals surface area contributed by atoms with Gasteiger partial charge in [-0.05, 0) is 43.3 Å². The fourth-order valence-electron chi connectivity index (χ4n) is 3.34. The highest BCUT2D eigenvalue weighted by Gasteiger charge is 2.15. The molecule has 13 nitrogen and oxygen atoms in total. The molecule has 0 bridgehead atoms. The van der Waals surface area contributed by atoms with E-state index in [-0.39, 0.29) is 18.0 Å². The molecule has 0 aliphatic rings. The van der Waals surface area contributed by atoms with E-state index >= 15 is 0 Å². The van der Waals surface area contributed by atoms with Crippen LogP contribution in [0.4, 0.5) is 22.7 Å². The van der Waals surface area contributed by atoms with Crippen molar-refractivity contribution in [2.45, 2.75) is 13.5 Å². The number of nitrogens with one attached hydrogen (secondary N) is 2. The third kappa shape index (κ3) is 7.84. The third-order valence-electron chi connectivity index (χ3n) is 5.16. The van der Waals surface area contributed by atoms with Gasteiger partial charge in [0, 0.05) is 44.3 Å². The SMILES string of the molecule is CNc1ccc(Oc2ccnc(C)c2)cc1[N+](=O)[O-].CNc1ccc(Oc2ccnc(CO)c2)cc1[N+](=O)[O-]. The second-order valence-electron chi connectivity index (χ2n) is 7.85. The maximum atomic E-state index is 11.0. The third-order valence-corrected chi connectivity index (χ3v) is 5.16. The average Bonchev–Trinajstić information content (AvgIpc) is 2.93. The summed E-state index contributed by atoms with van der Waals surface area (Å²) in [5, 5.41) is 36.4. The van der Waals surface area contributed by atoms with E-state index in [2.05, 4.69) is 20.6 Å². The van der Waals surface area contributed by atoms with Gasteiger partial charge in [-0.1, -0.05) is 0 Å². The number of nitrogens with zero attached hydrogens (tertiary/aromatic N) is 4. The second kappa shape index (κ2) is 13.3. The monoisotopic (exact) mass is 534 g/mol. The summed E-state index contributed by atoms with van der Waals surface area (Å²) in [4.78, 5) is 28.9. The van der Waals surface area contributed by atoms with Crippen LogP contribution in [0.2, 0.25) is 0 Å². The van der Waals surface area contributed by atoms with Crippen LogP contribution in [0, 0.1) is 27.2 Å². The highest BCUT2D eigenvalue weighted by molar-refractivity contribution is 5.64. The zero-order valence-corrected chi connectivity index (χ0v) is 21.3. The van der Waals surface area contributed by atoms with Crippen molar-refractivity contribution < 1.29 is 24.4 Å². The molecule has 4 rings (SSSR count). The molecule has 0 fully saturated rings. The lowest BCUT2D eigenvalue weighted by Gasteiger charge is -2.08. The van der Waals surface area contributed by atoms with Crippen molar-refractivity contribution in [1.29, 1.82) is 0 Å². The molecule has 202 valence electrons. The van der Waals surface area contributed by atoms with E-state index in [9.17, 15) is 20.2 Å². The number of aliphatic hydroxyl groups excluding tert-OH is 1. The molecule has 0 amide bonds. The Balaban J connectivity index is 0.000000216. The molecule has 39 heavy (non-hydrogen) atoms. The maximum Gasteiger partial charge on any atom is 0.296 e. The topological polar surface area (TPSA) is 175 Å². The highest BCUT2D eigenvalue weighted by Crippen LogP contribution is 2.32. The number of ether oxygens (including phenoxy) is 2. The molecule has 4 aromatic rings. The number of aromatic nitrogens is 2. The Labute approximate surface area is 223 Å². The summed E-state index contributed by atoms with van der Waals surface area (Å²) in [5.74, 6) is 1.80. The van der Waals surface area contributed by atoms with Gasteiger partial charge >= 0.3 is 0 Å². The number of rotatable bonds is 9. The predicted octanol–water partition coefficient (Wildman–Crippen LogP) is 5.45. The quantitative estimate of drug-likeness (QED) is 0.184. The van der Waals surface area contributed by atoms with Gasteiger partial charge in [0.05, 0.1) is 34.3 Å².